The molecule has 2 nitrogen and oxygen atoms in total. The van der Waals surface area contributed by atoms with Crippen LogP contribution in [0.15, 0.2) is 279 Å². The van der Waals surface area contributed by atoms with E-state index in [2.05, 4.69) is 289 Å². The van der Waals surface area contributed by atoms with Crippen molar-refractivity contribution in [1.29, 1.82) is 0 Å². The Morgan fingerprint density at radius 3 is 1.53 bits per heavy atom. The zero-order valence-electron chi connectivity index (χ0n) is 38.5. The van der Waals surface area contributed by atoms with E-state index >= 15 is 0 Å². The lowest BCUT2D eigenvalue weighted by Crippen LogP contribution is -2.11. The van der Waals surface area contributed by atoms with Crippen LogP contribution in [0.4, 0.5) is 17.1 Å². The molecule has 0 amide bonds. The SMILES string of the molecule is c1ccc(-c2ccc(-c3ccccc3N(c3ccc(-c4cccc5ccccc45)cc3)c3cccc(-c4cc(-c5ccccc5)cc(-n5c6ccccc6c6cc7ccccc7cc65)c4)c3)cc2)cc1. The Morgan fingerprint density at radius 1 is 0.243 bits per heavy atom. The van der Waals surface area contributed by atoms with E-state index in [4.69, 9.17) is 0 Å². The molecule has 0 saturated heterocycles. The van der Waals surface area contributed by atoms with Gasteiger partial charge in [0.05, 0.1) is 16.7 Å². The molecule has 0 bridgehead atoms. The predicted octanol–water partition coefficient (Wildman–Crippen LogP) is 18.9. The van der Waals surface area contributed by atoms with Gasteiger partial charge in [-0.15, -0.1) is 0 Å². The molecule has 0 aliphatic carbocycles. The van der Waals surface area contributed by atoms with E-state index in [0.717, 1.165) is 50.6 Å². The van der Waals surface area contributed by atoms with E-state index < -0.39 is 0 Å². The van der Waals surface area contributed by atoms with Gasteiger partial charge in [0.15, 0.2) is 0 Å². The van der Waals surface area contributed by atoms with Gasteiger partial charge in [-0.05, 0) is 138 Å². The maximum atomic E-state index is 2.46. The number of fused-ring (bicyclic) bond motifs is 5. The van der Waals surface area contributed by atoms with Crippen molar-refractivity contribution in [2.75, 3.05) is 4.90 Å². The standard InChI is InChI=1S/C68H46N2/c1-3-17-47(18-4-1)49-33-35-52(36-34-49)63-28-11-13-31-66(63)69(58-39-37-51(38-40-58)62-30-16-24-50-21-9-10-27-61(50)62)59-26-15-25-53(42-59)57-41-56(48-19-5-2-6-20-48)43-60(44-57)70-67-32-14-12-29-64(67)65-45-54-22-7-8-23-55(54)46-68(65)70/h1-46H. The first-order chi connectivity index (χ1) is 34.7. The van der Waals surface area contributed by atoms with Gasteiger partial charge in [-0.3, -0.25) is 0 Å². The van der Waals surface area contributed by atoms with Crippen molar-refractivity contribution in [2.45, 2.75) is 0 Å². The zero-order valence-corrected chi connectivity index (χ0v) is 38.5. The zero-order chi connectivity index (χ0) is 46.4. The molecule has 0 spiro atoms. The van der Waals surface area contributed by atoms with E-state index in [1.54, 1.807) is 0 Å². The summed E-state index contributed by atoms with van der Waals surface area (Å²) in [6, 6.07) is 102. The fraction of sp³-hybridized carbons (Fsp3) is 0. The third kappa shape index (κ3) is 7.40. The maximum absolute atomic E-state index is 2.46. The second-order valence-electron chi connectivity index (χ2n) is 18.1. The second-order valence-corrected chi connectivity index (χ2v) is 18.1. The number of hydrogen-bond acceptors (Lipinski definition) is 1. The van der Waals surface area contributed by atoms with Gasteiger partial charge in [0, 0.05) is 33.4 Å². The third-order valence-corrected chi connectivity index (χ3v) is 13.9. The number of rotatable bonds is 9. The average Bonchev–Trinajstić information content (AvgIpc) is 3.76. The Labute approximate surface area is 408 Å². The molecule has 0 saturated carbocycles. The molecule has 0 aliphatic rings. The van der Waals surface area contributed by atoms with Gasteiger partial charge >= 0.3 is 0 Å². The minimum atomic E-state index is 1.07. The molecule has 1 aromatic heterocycles. The summed E-state index contributed by atoms with van der Waals surface area (Å²) in [6.07, 6.45) is 0. The van der Waals surface area contributed by atoms with E-state index in [-0.39, 0.29) is 0 Å². The molecule has 0 N–H and O–H groups in total. The summed E-state index contributed by atoms with van der Waals surface area (Å²) >= 11 is 0. The summed E-state index contributed by atoms with van der Waals surface area (Å²) < 4.78 is 2.46. The van der Waals surface area contributed by atoms with Gasteiger partial charge in [-0.2, -0.15) is 0 Å². The van der Waals surface area contributed by atoms with E-state index in [1.165, 1.54) is 71.2 Å². The minimum absolute atomic E-state index is 1.07. The van der Waals surface area contributed by atoms with Gasteiger partial charge in [-0.25, -0.2) is 0 Å². The van der Waals surface area contributed by atoms with Crippen molar-refractivity contribution in [3.05, 3.63) is 279 Å². The maximum Gasteiger partial charge on any atom is 0.0547 e. The van der Waals surface area contributed by atoms with E-state index in [9.17, 15) is 0 Å². The van der Waals surface area contributed by atoms with Crippen molar-refractivity contribution in [1.82, 2.24) is 4.57 Å². The van der Waals surface area contributed by atoms with Crippen LogP contribution in [0.1, 0.15) is 0 Å². The lowest BCUT2D eigenvalue weighted by Gasteiger charge is -2.28. The third-order valence-electron chi connectivity index (χ3n) is 13.9. The minimum Gasteiger partial charge on any atom is -0.310 e. The smallest absolute Gasteiger partial charge is 0.0547 e. The summed E-state index contributed by atoms with van der Waals surface area (Å²) in [6.45, 7) is 0. The second kappa shape index (κ2) is 17.4. The number of anilines is 3. The molecule has 70 heavy (non-hydrogen) atoms. The molecule has 0 fully saturated rings. The average molecular weight is 891 g/mol. The Morgan fingerprint density at radius 2 is 0.757 bits per heavy atom. The summed E-state index contributed by atoms with van der Waals surface area (Å²) in [5.41, 5.74) is 18.5. The highest BCUT2D eigenvalue weighted by Crippen LogP contribution is 2.44. The molecule has 0 atom stereocenters. The number of nitrogens with zero attached hydrogens (tertiary/aromatic N) is 2. The topological polar surface area (TPSA) is 8.17 Å². The van der Waals surface area contributed by atoms with Crippen molar-refractivity contribution >= 4 is 60.4 Å². The molecule has 12 aromatic carbocycles. The number of para-hydroxylation sites is 2. The van der Waals surface area contributed by atoms with Crippen LogP contribution < -0.4 is 4.90 Å². The Balaban J connectivity index is 0.987. The van der Waals surface area contributed by atoms with Crippen molar-refractivity contribution in [3.63, 3.8) is 0 Å². The highest BCUT2D eigenvalue weighted by Gasteiger charge is 2.20. The van der Waals surface area contributed by atoms with Crippen molar-refractivity contribution < 1.29 is 0 Å². The molecular weight excluding hydrogens is 845 g/mol. The van der Waals surface area contributed by atoms with Crippen molar-refractivity contribution in [2.24, 2.45) is 0 Å². The van der Waals surface area contributed by atoms with Crippen LogP contribution in [0, 0.1) is 0 Å². The van der Waals surface area contributed by atoms with Gasteiger partial charge in [0.25, 0.3) is 0 Å². The molecule has 13 aromatic rings. The van der Waals surface area contributed by atoms with Crippen LogP contribution in [-0.2, 0) is 0 Å². The normalized spacial score (nSPS) is 11.4. The van der Waals surface area contributed by atoms with E-state index in [1.807, 2.05) is 0 Å². The highest BCUT2D eigenvalue weighted by molar-refractivity contribution is 6.13. The van der Waals surface area contributed by atoms with E-state index in [0.29, 0.717) is 0 Å². The number of benzene rings is 12. The molecule has 328 valence electrons. The summed E-state index contributed by atoms with van der Waals surface area (Å²) in [7, 11) is 0. The van der Waals surface area contributed by atoms with Crippen LogP contribution in [-0.4, -0.2) is 4.57 Å². The highest BCUT2D eigenvalue weighted by atomic mass is 15.1. The summed E-state index contributed by atoms with van der Waals surface area (Å²) in [5.74, 6) is 0. The lowest BCUT2D eigenvalue weighted by molar-refractivity contribution is 1.18. The lowest BCUT2D eigenvalue weighted by atomic mass is 9.96. The van der Waals surface area contributed by atoms with Crippen LogP contribution in [0.3, 0.4) is 0 Å². The van der Waals surface area contributed by atoms with Gasteiger partial charge in [0.2, 0.25) is 0 Å². The largest absolute Gasteiger partial charge is 0.310 e. The quantitative estimate of drug-likeness (QED) is 0.140. The number of hydrogen-bond donors (Lipinski definition) is 0. The Bertz CT molecular complexity index is 4030. The van der Waals surface area contributed by atoms with Crippen LogP contribution in [0.25, 0.3) is 105 Å². The fourth-order valence-electron chi connectivity index (χ4n) is 10.5. The first-order valence-electron chi connectivity index (χ1n) is 24.1. The molecule has 2 heteroatoms. The fourth-order valence-corrected chi connectivity index (χ4v) is 10.5. The summed E-state index contributed by atoms with van der Waals surface area (Å²) in [4.78, 5) is 2.43. The Kier molecular flexibility index (Phi) is 10.2. The Hall–Kier alpha value is -9.24. The predicted molar refractivity (Wildman–Crippen MR) is 298 cm³/mol. The van der Waals surface area contributed by atoms with Crippen LogP contribution in [0.5, 0.6) is 0 Å². The molecule has 0 unspecified atom stereocenters. The molecule has 1 heterocycles. The number of aromatic nitrogens is 1. The molecular formula is C68H46N2. The van der Waals surface area contributed by atoms with Gasteiger partial charge < -0.3 is 9.47 Å². The monoisotopic (exact) mass is 890 g/mol. The van der Waals surface area contributed by atoms with Gasteiger partial charge in [0.1, 0.15) is 0 Å². The summed E-state index contributed by atoms with van der Waals surface area (Å²) in [5, 5.41) is 7.44. The van der Waals surface area contributed by atoms with Crippen LogP contribution in [0.2, 0.25) is 0 Å². The first-order valence-corrected chi connectivity index (χ1v) is 24.1. The molecule has 0 radical (unpaired) electrons. The molecule has 0 aliphatic heterocycles. The molecule has 13 rings (SSSR count). The van der Waals surface area contributed by atoms with Crippen molar-refractivity contribution in [3.8, 4) is 61.3 Å². The van der Waals surface area contributed by atoms with Crippen LogP contribution >= 0.6 is 0 Å². The van der Waals surface area contributed by atoms with Gasteiger partial charge in [-0.1, -0.05) is 212 Å². The first kappa shape index (κ1) is 41.0.